The van der Waals surface area contributed by atoms with Crippen LogP contribution in [0.1, 0.15) is 28.4 Å². The topological polar surface area (TPSA) is 38.9 Å². The fourth-order valence-electron chi connectivity index (χ4n) is 1.85. The van der Waals surface area contributed by atoms with Gasteiger partial charge in [-0.15, -0.1) is 11.3 Å². The quantitative estimate of drug-likeness (QED) is 0.859. The highest BCUT2D eigenvalue weighted by atomic mass is 32.1. The van der Waals surface area contributed by atoms with Crippen LogP contribution in [0.3, 0.4) is 0 Å². The molecule has 1 unspecified atom stereocenters. The maximum absolute atomic E-state index is 14.4. The summed E-state index contributed by atoms with van der Waals surface area (Å²) < 4.78 is 14.4. The Kier molecular flexibility index (Phi) is 2.81. The van der Waals surface area contributed by atoms with Gasteiger partial charge in [-0.3, -0.25) is 0 Å². The molecule has 1 aromatic rings. The van der Waals surface area contributed by atoms with E-state index in [1.807, 2.05) is 13.8 Å². The zero-order chi connectivity index (χ0) is 11.1. The number of halogens is 1. The molecule has 1 aliphatic carbocycles. The van der Waals surface area contributed by atoms with Crippen molar-refractivity contribution in [3.05, 3.63) is 15.6 Å². The number of aryl methyl sites for hydroxylation is 2. The molecule has 2 N–H and O–H groups in total. The maximum Gasteiger partial charge on any atom is 0.132 e. The Hall–Kier alpha value is -0.480. The highest BCUT2D eigenvalue weighted by molar-refractivity contribution is 7.11. The lowest BCUT2D eigenvalue weighted by molar-refractivity contribution is 0.142. The molecule has 1 saturated carbocycles. The molecule has 0 spiro atoms. The highest BCUT2D eigenvalue weighted by Crippen LogP contribution is 2.43. The van der Waals surface area contributed by atoms with Crippen molar-refractivity contribution < 1.29 is 4.39 Å². The lowest BCUT2D eigenvalue weighted by Gasteiger charge is -2.21. The minimum Gasteiger partial charge on any atom is -0.328 e. The van der Waals surface area contributed by atoms with E-state index < -0.39 is 5.67 Å². The van der Waals surface area contributed by atoms with Gasteiger partial charge in [0.05, 0.1) is 10.7 Å². The van der Waals surface area contributed by atoms with Gasteiger partial charge in [0, 0.05) is 17.8 Å². The Balaban J connectivity index is 2.12. The summed E-state index contributed by atoms with van der Waals surface area (Å²) >= 11 is 1.60. The van der Waals surface area contributed by atoms with Crippen LogP contribution in [0.15, 0.2) is 0 Å². The normalized spacial score (nSPS) is 20.3. The SMILES string of the molecule is Cc1nc(CC(F)(CN)C2CC2)sc1C. The largest absolute Gasteiger partial charge is 0.328 e. The van der Waals surface area contributed by atoms with Gasteiger partial charge in [-0.25, -0.2) is 9.37 Å². The maximum atomic E-state index is 14.4. The summed E-state index contributed by atoms with van der Waals surface area (Å²) in [5.74, 6) is 0.173. The van der Waals surface area contributed by atoms with Crippen LogP contribution in [0.2, 0.25) is 0 Å². The summed E-state index contributed by atoms with van der Waals surface area (Å²) in [4.78, 5) is 5.56. The van der Waals surface area contributed by atoms with Crippen LogP contribution in [0.5, 0.6) is 0 Å². The van der Waals surface area contributed by atoms with Crippen molar-refractivity contribution in [3.8, 4) is 0 Å². The second-order valence-corrected chi connectivity index (χ2v) is 5.73. The Morgan fingerprint density at radius 1 is 1.53 bits per heavy atom. The number of hydrogen-bond donors (Lipinski definition) is 1. The molecule has 1 aromatic heterocycles. The van der Waals surface area contributed by atoms with E-state index in [9.17, 15) is 4.39 Å². The molecule has 4 heteroatoms. The molecule has 0 aromatic carbocycles. The van der Waals surface area contributed by atoms with E-state index in [1.165, 1.54) is 4.88 Å². The molecule has 2 rings (SSSR count). The van der Waals surface area contributed by atoms with E-state index >= 15 is 0 Å². The molecule has 0 radical (unpaired) electrons. The number of nitrogens with zero attached hydrogens (tertiary/aromatic N) is 1. The second-order valence-electron chi connectivity index (χ2n) is 4.44. The molecule has 15 heavy (non-hydrogen) atoms. The monoisotopic (exact) mass is 228 g/mol. The van der Waals surface area contributed by atoms with E-state index in [4.69, 9.17) is 5.73 Å². The first-order valence-electron chi connectivity index (χ1n) is 5.37. The fourth-order valence-corrected chi connectivity index (χ4v) is 2.89. The molecular formula is C11H17FN2S. The van der Waals surface area contributed by atoms with E-state index in [1.54, 1.807) is 11.3 Å². The average Bonchev–Trinajstić information content (AvgIpc) is 2.96. The molecule has 0 aliphatic heterocycles. The molecule has 1 aliphatic rings. The van der Waals surface area contributed by atoms with Gasteiger partial charge >= 0.3 is 0 Å². The Labute approximate surface area is 93.7 Å². The number of aromatic nitrogens is 1. The number of alkyl halides is 1. The predicted octanol–water partition coefficient (Wildman–Crippen LogP) is 2.38. The summed E-state index contributed by atoms with van der Waals surface area (Å²) in [6.07, 6.45) is 2.36. The van der Waals surface area contributed by atoms with E-state index in [0.717, 1.165) is 23.5 Å². The zero-order valence-electron chi connectivity index (χ0n) is 9.22. The summed E-state index contributed by atoms with van der Waals surface area (Å²) in [6.45, 7) is 4.11. The van der Waals surface area contributed by atoms with Crippen molar-refractivity contribution in [3.63, 3.8) is 0 Å². The van der Waals surface area contributed by atoms with Gasteiger partial charge in [-0.05, 0) is 32.6 Å². The van der Waals surface area contributed by atoms with Crippen LogP contribution in [-0.4, -0.2) is 17.2 Å². The Morgan fingerprint density at radius 2 is 2.20 bits per heavy atom. The molecule has 0 amide bonds. The summed E-state index contributed by atoms with van der Waals surface area (Å²) in [6, 6.07) is 0. The third-order valence-electron chi connectivity index (χ3n) is 3.17. The number of rotatable bonds is 4. The summed E-state index contributed by atoms with van der Waals surface area (Å²) in [5, 5.41) is 0.893. The van der Waals surface area contributed by atoms with Gasteiger partial charge in [0.1, 0.15) is 5.67 Å². The highest BCUT2D eigenvalue weighted by Gasteiger charge is 2.45. The molecule has 84 valence electrons. The molecule has 1 atom stereocenters. The van der Waals surface area contributed by atoms with Crippen LogP contribution >= 0.6 is 11.3 Å². The lowest BCUT2D eigenvalue weighted by atomic mass is 9.96. The number of nitrogens with two attached hydrogens (primary N) is 1. The van der Waals surface area contributed by atoms with Crippen LogP contribution in [0, 0.1) is 19.8 Å². The number of thiazole rings is 1. The third-order valence-corrected chi connectivity index (χ3v) is 4.24. The van der Waals surface area contributed by atoms with E-state index in [0.29, 0.717) is 6.42 Å². The lowest BCUT2D eigenvalue weighted by Crippen LogP contribution is -2.37. The third kappa shape index (κ3) is 2.21. The fraction of sp³-hybridized carbons (Fsp3) is 0.727. The first-order valence-corrected chi connectivity index (χ1v) is 6.19. The number of hydrogen-bond acceptors (Lipinski definition) is 3. The summed E-state index contributed by atoms with van der Waals surface area (Å²) in [5.41, 5.74) is 5.35. The minimum atomic E-state index is -1.21. The van der Waals surface area contributed by atoms with Crippen molar-refractivity contribution in [2.75, 3.05) is 6.54 Å². The standard InChI is InChI=1S/C11H17FN2S/c1-7-8(2)15-10(14-7)5-11(12,6-13)9-3-4-9/h9H,3-6,13H2,1-2H3. The average molecular weight is 228 g/mol. The van der Waals surface area contributed by atoms with Crippen LogP contribution in [0.4, 0.5) is 4.39 Å². The molecule has 0 saturated heterocycles. The molecule has 2 nitrogen and oxygen atoms in total. The van der Waals surface area contributed by atoms with Gasteiger partial charge in [0.25, 0.3) is 0 Å². The molecule has 1 fully saturated rings. The minimum absolute atomic E-state index is 0.120. The smallest absolute Gasteiger partial charge is 0.132 e. The zero-order valence-corrected chi connectivity index (χ0v) is 10.0. The predicted molar refractivity (Wildman–Crippen MR) is 60.9 cm³/mol. The van der Waals surface area contributed by atoms with Gasteiger partial charge in [0.2, 0.25) is 0 Å². The van der Waals surface area contributed by atoms with Crippen LogP contribution in [-0.2, 0) is 6.42 Å². The van der Waals surface area contributed by atoms with Gasteiger partial charge < -0.3 is 5.73 Å². The van der Waals surface area contributed by atoms with Crippen molar-refractivity contribution in [2.45, 2.75) is 38.8 Å². The molecular weight excluding hydrogens is 211 g/mol. The first-order chi connectivity index (χ1) is 7.05. The van der Waals surface area contributed by atoms with Crippen LogP contribution < -0.4 is 5.73 Å². The van der Waals surface area contributed by atoms with Gasteiger partial charge in [-0.1, -0.05) is 0 Å². The van der Waals surface area contributed by atoms with E-state index in [-0.39, 0.29) is 12.5 Å². The Bertz CT molecular complexity index is 340. The van der Waals surface area contributed by atoms with Crippen molar-refractivity contribution in [1.82, 2.24) is 4.98 Å². The van der Waals surface area contributed by atoms with Crippen LogP contribution in [0.25, 0.3) is 0 Å². The summed E-state index contributed by atoms with van der Waals surface area (Å²) in [7, 11) is 0. The molecule has 0 bridgehead atoms. The van der Waals surface area contributed by atoms with E-state index in [2.05, 4.69) is 4.98 Å². The van der Waals surface area contributed by atoms with Gasteiger partial charge in [0.15, 0.2) is 0 Å². The Morgan fingerprint density at radius 3 is 2.60 bits per heavy atom. The van der Waals surface area contributed by atoms with Crippen molar-refractivity contribution in [1.29, 1.82) is 0 Å². The second kappa shape index (κ2) is 3.83. The first kappa shape index (κ1) is 11.0. The van der Waals surface area contributed by atoms with Crippen molar-refractivity contribution in [2.24, 2.45) is 11.7 Å². The molecule has 1 heterocycles. The van der Waals surface area contributed by atoms with Crippen molar-refractivity contribution >= 4 is 11.3 Å². The van der Waals surface area contributed by atoms with Gasteiger partial charge in [-0.2, -0.15) is 0 Å².